The summed E-state index contributed by atoms with van der Waals surface area (Å²) in [6.45, 7) is 4.07. The number of ether oxygens (including phenoxy) is 2. The minimum Gasteiger partial charge on any atom is -0.454 e. The molecule has 1 aliphatic heterocycles. The molecule has 9 nitrogen and oxygen atoms in total. The molecular formula is C30H35N3O6S. The van der Waals surface area contributed by atoms with Gasteiger partial charge in [-0.3, -0.25) is 13.9 Å². The van der Waals surface area contributed by atoms with Gasteiger partial charge in [0.05, 0.1) is 11.9 Å². The number of hydrogen-bond donors (Lipinski definition) is 1. The van der Waals surface area contributed by atoms with Crippen LogP contribution in [0.25, 0.3) is 0 Å². The van der Waals surface area contributed by atoms with Crippen LogP contribution in [0.4, 0.5) is 5.69 Å². The van der Waals surface area contributed by atoms with Gasteiger partial charge in [-0.2, -0.15) is 0 Å². The summed E-state index contributed by atoms with van der Waals surface area (Å²) < 4.78 is 37.7. The summed E-state index contributed by atoms with van der Waals surface area (Å²) in [6, 6.07) is 21.0. The Labute approximate surface area is 235 Å². The highest BCUT2D eigenvalue weighted by Gasteiger charge is 2.33. The van der Waals surface area contributed by atoms with Gasteiger partial charge in [0.1, 0.15) is 12.6 Å². The molecule has 1 heterocycles. The molecule has 0 aromatic heterocycles. The molecule has 0 saturated heterocycles. The number of benzene rings is 3. The number of nitrogens with one attached hydrogen (secondary N) is 1. The van der Waals surface area contributed by atoms with Gasteiger partial charge in [0, 0.05) is 25.6 Å². The van der Waals surface area contributed by atoms with E-state index < -0.39 is 28.5 Å². The number of sulfonamides is 1. The Kier molecular flexibility index (Phi) is 9.31. The molecule has 3 aromatic rings. The molecule has 40 heavy (non-hydrogen) atoms. The van der Waals surface area contributed by atoms with Gasteiger partial charge in [0.2, 0.25) is 28.6 Å². The van der Waals surface area contributed by atoms with Crippen molar-refractivity contribution in [2.45, 2.75) is 39.3 Å². The molecular weight excluding hydrogens is 530 g/mol. The molecule has 0 bridgehead atoms. The summed E-state index contributed by atoms with van der Waals surface area (Å²) in [6.07, 6.45) is 2.06. The average Bonchev–Trinajstić information content (AvgIpc) is 3.41. The number of anilines is 1. The predicted octanol–water partition coefficient (Wildman–Crippen LogP) is 3.66. The standard InChI is InChI=1S/C30H35N3O6S/c1-4-16-31-30(35)26(17-23-8-6-5-7-9-23)32(19-24-12-10-22(2)11-13-24)29(34)20-33(40(3,36)37)25-14-15-27-28(18-25)39-21-38-27/h5-15,18,26H,4,16-17,19-21H2,1-3H3,(H,31,35)/t26-/m1/s1. The van der Waals surface area contributed by atoms with Crippen LogP contribution in [0.3, 0.4) is 0 Å². The van der Waals surface area contributed by atoms with Crippen LogP contribution >= 0.6 is 0 Å². The van der Waals surface area contributed by atoms with Crippen molar-refractivity contribution in [1.29, 1.82) is 0 Å². The number of nitrogens with zero attached hydrogens (tertiary/aromatic N) is 2. The third kappa shape index (κ3) is 7.32. The number of rotatable bonds is 12. The zero-order valence-electron chi connectivity index (χ0n) is 23.0. The van der Waals surface area contributed by atoms with E-state index in [9.17, 15) is 18.0 Å². The summed E-state index contributed by atoms with van der Waals surface area (Å²) in [4.78, 5) is 29.1. The molecule has 0 fully saturated rings. The summed E-state index contributed by atoms with van der Waals surface area (Å²) in [5.74, 6) is 0.104. The third-order valence-electron chi connectivity index (χ3n) is 6.62. The highest BCUT2D eigenvalue weighted by molar-refractivity contribution is 7.92. The van der Waals surface area contributed by atoms with Gasteiger partial charge in [0.15, 0.2) is 11.5 Å². The monoisotopic (exact) mass is 565 g/mol. The minimum absolute atomic E-state index is 0.0367. The molecule has 0 spiro atoms. The van der Waals surface area contributed by atoms with Crippen molar-refractivity contribution in [2.24, 2.45) is 0 Å². The van der Waals surface area contributed by atoms with Crippen LogP contribution < -0.4 is 19.1 Å². The Hall–Kier alpha value is -4.05. The molecule has 1 atom stereocenters. The molecule has 0 saturated carbocycles. The van der Waals surface area contributed by atoms with E-state index in [4.69, 9.17) is 9.47 Å². The number of amides is 2. The highest BCUT2D eigenvalue weighted by atomic mass is 32.2. The zero-order valence-corrected chi connectivity index (χ0v) is 23.8. The maximum absolute atomic E-state index is 14.1. The zero-order chi connectivity index (χ0) is 28.7. The quantitative estimate of drug-likeness (QED) is 0.360. The Balaban J connectivity index is 1.71. The first-order chi connectivity index (χ1) is 19.2. The number of aryl methyl sites for hydroxylation is 1. The van der Waals surface area contributed by atoms with Gasteiger partial charge in [-0.05, 0) is 36.6 Å². The molecule has 4 rings (SSSR count). The minimum atomic E-state index is -3.87. The first-order valence-electron chi connectivity index (χ1n) is 13.2. The molecule has 2 amide bonds. The second-order valence-corrected chi connectivity index (χ2v) is 11.7. The fraction of sp³-hybridized carbons (Fsp3) is 0.333. The molecule has 3 aromatic carbocycles. The van der Waals surface area contributed by atoms with E-state index in [1.54, 1.807) is 12.1 Å². The largest absolute Gasteiger partial charge is 0.454 e. The smallest absolute Gasteiger partial charge is 0.244 e. The normalized spacial score (nSPS) is 13.0. The summed E-state index contributed by atoms with van der Waals surface area (Å²) in [5.41, 5.74) is 3.05. The van der Waals surface area contributed by atoms with Gasteiger partial charge < -0.3 is 19.7 Å². The summed E-state index contributed by atoms with van der Waals surface area (Å²) >= 11 is 0. The molecule has 1 aliphatic rings. The van der Waals surface area contributed by atoms with E-state index in [0.29, 0.717) is 18.0 Å². The van der Waals surface area contributed by atoms with Gasteiger partial charge >= 0.3 is 0 Å². The molecule has 0 unspecified atom stereocenters. The van der Waals surface area contributed by atoms with E-state index >= 15 is 0 Å². The average molecular weight is 566 g/mol. The van der Waals surface area contributed by atoms with E-state index in [2.05, 4.69) is 5.32 Å². The highest BCUT2D eigenvalue weighted by Crippen LogP contribution is 2.36. The SMILES string of the molecule is CCCNC(=O)[C@@H](Cc1ccccc1)N(Cc1ccc(C)cc1)C(=O)CN(c1ccc2c(c1)OCO2)S(C)(=O)=O. The van der Waals surface area contributed by atoms with Crippen LogP contribution in [-0.2, 0) is 32.6 Å². The maximum Gasteiger partial charge on any atom is 0.244 e. The summed E-state index contributed by atoms with van der Waals surface area (Å²) in [5, 5.41) is 2.93. The summed E-state index contributed by atoms with van der Waals surface area (Å²) in [7, 11) is -3.87. The lowest BCUT2D eigenvalue weighted by atomic mass is 10.0. The van der Waals surface area contributed by atoms with E-state index in [-0.39, 0.29) is 31.4 Å². The van der Waals surface area contributed by atoms with Crippen molar-refractivity contribution < 1.29 is 27.5 Å². The number of fused-ring (bicyclic) bond motifs is 1. The lowest BCUT2D eigenvalue weighted by Crippen LogP contribution is -2.53. The van der Waals surface area contributed by atoms with Gasteiger partial charge in [0.25, 0.3) is 0 Å². The van der Waals surface area contributed by atoms with Crippen molar-refractivity contribution >= 4 is 27.5 Å². The van der Waals surface area contributed by atoms with Crippen molar-refractivity contribution in [1.82, 2.24) is 10.2 Å². The van der Waals surface area contributed by atoms with Crippen molar-refractivity contribution in [3.8, 4) is 11.5 Å². The first-order valence-corrected chi connectivity index (χ1v) is 15.0. The number of carbonyl (C=O) groups is 2. The van der Waals surface area contributed by atoms with Crippen molar-refractivity contribution in [3.63, 3.8) is 0 Å². The molecule has 1 N–H and O–H groups in total. The molecule has 212 valence electrons. The van der Waals surface area contributed by atoms with Crippen LogP contribution in [0.5, 0.6) is 11.5 Å². The molecule has 10 heteroatoms. The van der Waals surface area contributed by atoms with Gasteiger partial charge in [-0.1, -0.05) is 67.1 Å². The second-order valence-electron chi connectivity index (χ2n) is 9.81. The van der Waals surface area contributed by atoms with Crippen LogP contribution in [-0.4, -0.2) is 57.3 Å². The maximum atomic E-state index is 14.1. The second kappa shape index (κ2) is 12.9. The predicted molar refractivity (Wildman–Crippen MR) is 154 cm³/mol. The first kappa shape index (κ1) is 28.9. The number of carbonyl (C=O) groups excluding carboxylic acids is 2. The van der Waals surface area contributed by atoms with E-state index in [1.807, 2.05) is 68.4 Å². The molecule has 0 radical (unpaired) electrons. The lowest BCUT2D eigenvalue weighted by molar-refractivity contribution is -0.140. The van der Waals surface area contributed by atoms with E-state index in [1.165, 1.54) is 11.0 Å². The van der Waals surface area contributed by atoms with Gasteiger partial charge in [-0.25, -0.2) is 8.42 Å². The van der Waals surface area contributed by atoms with Crippen molar-refractivity contribution in [2.75, 3.05) is 30.4 Å². The van der Waals surface area contributed by atoms with Crippen LogP contribution in [0.2, 0.25) is 0 Å². The Morgan fingerprint density at radius 1 is 0.950 bits per heavy atom. The fourth-order valence-electron chi connectivity index (χ4n) is 4.46. The lowest BCUT2D eigenvalue weighted by Gasteiger charge is -2.33. The van der Waals surface area contributed by atoms with Crippen LogP contribution in [0, 0.1) is 6.92 Å². The third-order valence-corrected chi connectivity index (χ3v) is 7.76. The molecule has 0 aliphatic carbocycles. The Morgan fingerprint density at radius 2 is 1.65 bits per heavy atom. The number of hydrogen-bond acceptors (Lipinski definition) is 6. The van der Waals surface area contributed by atoms with Crippen molar-refractivity contribution in [3.05, 3.63) is 89.5 Å². The van der Waals surface area contributed by atoms with Crippen LogP contribution in [0.15, 0.2) is 72.8 Å². The van der Waals surface area contributed by atoms with E-state index in [0.717, 1.165) is 33.7 Å². The van der Waals surface area contributed by atoms with Gasteiger partial charge in [-0.15, -0.1) is 0 Å². The fourth-order valence-corrected chi connectivity index (χ4v) is 5.31. The van der Waals surface area contributed by atoms with Crippen LogP contribution in [0.1, 0.15) is 30.0 Å². The Bertz CT molecular complexity index is 1430. The Morgan fingerprint density at radius 3 is 2.33 bits per heavy atom. The topological polar surface area (TPSA) is 105 Å².